The summed E-state index contributed by atoms with van der Waals surface area (Å²) in [5.41, 5.74) is 8.53. The Balaban J connectivity index is 0.000000169. The molecule has 2 aliphatic heterocycles. The van der Waals surface area contributed by atoms with Gasteiger partial charge < -0.3 is 39.9 Å². The molecule has 0 aliphatic carbocycles. The summed E-state index contributed by atoms with van der Waals surface area (Å²) in [4.78, 5) is 18.9. The highest BCUT2D eigenvalue weighted by Gasteiger charge is 2.19. The number of aliphatic hydroxyl groups excluding tert-OH is 1. The fraction of sp³-hybridized carbons (Fsp3) is 0.433. The van der Waals surface area contributed by atoms with E-state index in [9.17, 15) is 9.90 Å². The summed E-state index contributed by atoms with van der Waals surface area (Å²) >= 11 is 0. The quantitative estimate of drug-likeness (QED) is 0.280. The number of aromatic amines is 1. The Morgan fingerprint density at radius 3 is 2.38 bits per heavy atom. The lowest BCUT2D eigenvalue weighted by Gasteiger charge is -2.34. The molecule has 2 fully saturated rings. The van der Waals surface area contributed by atoms with E-state index in [0.29, 0.717) is 18.4 Å². The molecule has 208 valence electrons. The van der Waals surface area contributed by atoms with Crippen LogP contribution in [-0.2, 0) is 6.61 Å². The first-order chi connectivity index (χ1) is 19.0. The molecule has 6 rings (SSSR count). The molecule has 9 nitrogen and oxygen atoms in total. The van der Waals surface area contributed by atoms with Crippen molar-refractivity contribution in [1.82, 2.24) is 14.8 Å². The van der Waals surface area contributed by atoms with Crippen LogP contribution in [0.3, 0.4) is 0 Å². The normalized spacial score (nSPS) is 17.8. The summed E-state index contributed by atoms with van der Waals surface area (Å²) in [6, 6.07) is 15.3. The Kier molecular flexibility index (Phi) is 8.83. The number of piperidine rings is 2. The fourth-order valence-electron chi connectivity index (χ4n) is 5.27. The third kappa shape index (κ3) is 6.99. The van der Waals surface area contributed by atoms with Crippen LogP contribution in [-0.4, -0.2) is 82.4 Å². The van der Waals surface area contributed by atoms with Gasteiger partial charge in [0, 0.05) is 54.1 Å². The van der Waals surface area contributed by atoms with E-state index in [2.05, 4.69) is 14.8 Å². The largest absolute Gasteiger partial charge is 0.488 e. The molecule has 2 saturated heterocycles. The van der Waals surface area contributed by atoms with Crippen LogP contribution in [0.2, 0.25) is 0 Å². The lowest BCUT2D eigenvalue weighted by molar-refractivity contribution is 0.0691. The third-order valence-corrected chi connectivity index (χ3v) is 7.72. The number of para-hydroxylation sites is 1. The molecule has 2 aromatic heterocycles. The number of benzene rings is 2. The Hall–Kier alpha value is -3.37. The second-order valence-corrected chi connectivity index (χ2v) is 10.5. The maximum absolute atomic E-state index is 11.1. The average molecular weight is 535 g/mol. The van der Waals surface area contributed by atoms with Crippen LogP contribution < -0.4 is 10.5 Å². The van der Waals surface area contributed by atoms with Crippen LogP contribution in [0.1, 0.15) is 41.7 Å². The molecule has 0 amide bonds. The summed E-state index contributed by atoms with van der Waals surface area (Å²) in [6.07, 6.45) is 5.84. The number of hydrogen-bond acceptors (Lipinski definition) is 7. The number of ether oxygens (including phenoxy) is 1. The molecule has 0 radical (unpaired) electrons. The summed E-state index contributed by atoms with van der Waals surface area (Å²) < 4.78 is 11.4. The predicted octanol–water partition coefficient (Wildman–Crippen LogP) is 4.06. The van der Waals surface area contributed by atoms with E-state index in [0.717, 1.165) is 85.8 Å². The number of aromatic carboxylic acids is 1. The number of aromatic nitrogens is 1. The highest BCUT2D eigenvalue weighted by Crippen LogP contribution is 2.28. The first-order valence-corrected chi connectivity index (χ1v) is 13.8. The number of carboxylic acid groups (broad SMARTS) is 1. The summed E-state index contributed by atoms with van der Waals surface area (Å²) in [7, 11) is 0. The van der Waals surface area contributed by atoms with Gasteiger partial charge in [-0.3, -0.25) is 0 Å². The van der Waals surface area contributed by atoms with Gasteiger partial charge in [-0.2, -0.15) is 0 Å². The number of H-pyrrole nitrogens is 1. The molecule has 0 unspecified atom stereocenters. The fourth-order valence-corrected chi connectivity index (χ4v) is 5.27. The van der Waals surface area contributed by atoms with Gasteiger partial charge in [-0.05, 0) is 63.0 Å². The molecule has 4 heterocycles. The van der Waals surface area contributed by atoms with Crippen LogP contribution in [0.5, 0.6) is 5.75 Å². The van der Waals surface area contributed by atoms with Crippen molar-refractivity contribution in [2.24, 2.45) is 5.73 Å². The van der Waals surface area contributed by atoms with Crippen LogP contribution in [0.25, 0.3) is 21.9 Å². The van der Waals surface area contributed by atoms with Crippen LogP contribution in [0, 0.1) is 0 Å². The number of furan rings is 1. The zero-order chi connectivity index (χ0) is 27.2. The lowest BCUT2D eigenvalue weighted by Crippen LogP contribution is -2.45. The number of carbonyl (C=O) groups is 1. The van der Waals surface area contributed by atoms with Crippen molar-refractivity contribution in [2.75, 3.05) is 39.3 Å². The van der Waals surface area contributed by atoms with Crippen molar-refractivity contribution in [3.05, 3.63) is 66.1 Å². The molecular formula is C30H38N4O5. The molecule has 0 spiro atoms. The van der Waals surface area contributed by atoms with Gasteiger partial charge in [-0.15, -0.1) is 0 Å². The molecular weight excluding hydrogens is 496 g/mol. The lowest BCUT2D eigenvalue weighted by atomic mass is 10.1. The van der Waals surface area contributed by atoms with Gasteiger partial charge in [0.1, 0.15) is 23.6 Å². The minimum atomic E-state index is -0.993. The summed E-state index contributed by atoms with van der Waals surface area (Å²) in [5.74, 6) is -0.357. The molecule has 0 bridgehead atoms. The van der Waals surface area contributed by atoms with Crippen molar-refractivity contribution in [2.45, 2.75) is 44.4 Å². The molecule has 5 N–H and O–H groups in total. The third-order valence-electron chi connectivity index (χ3n) is 7.72. The molecule has 2 aliphatic rings. The maximum atomic E-state index is 11.1. The van der Waals surface area contributed by atoms with Crippen molar-refractivity contribution >= 4 is 27.8 Å². The van der Waals surface area contributed by atoms with Crippen LogP contribution >= 0.6 is 0 Å². The van der Waals surface area contributed by atoms with E-state index in [1.165, 1.54) is 6.54 Å². The Bertz CT molecular complexity index is 1340. The predicted molar refractivity (Wildman–Crippen MR) is 151 cm³/mol. The number of aliphatic hydroxyl groups is 1. The van der Waals surface area contributed by atoms with Crippen LogP contribution in [0.15, 0.2) is 59.2 Å². The molecule has 2 aromatic carbocycles. The summed E-state index contributed by atoms with van der Waals surface area (Å²) in [6.45, 7) is 7.13. The zero-order valence-electron chi connectivity index (χ0n) is 22.2. The highest BCUT2D eigenvalue weighted by atomic mass is 16.5. The van der Waals surface area contributed by atoms with E-state index >= 15 is 0 Å². The van der Waals surface area contributed by atoms with Gasteiger partial charge in [0.15, 0.2) is 0 Å². The van der Waals surface area contributed by atoms with Gasteiger partial charge in [0.05, 0.1) is 12.4 Å². The van der Waals surface area contributed by atoms with E-state index in [1.54, 1.807) is 12.3 Å². The number of hydrogen-bond donors (Lipinski definition) is 4. The minimum Gasteiger partial charge on any atom is -0.488 e. The van der Waals surface area contributed by atoms with Gasteiger partial charge in [-0.1, -0.05) is 24.3 Å². The topological polar surface area (TPSA) is 128 Å². The van der Waals surface area contributed by atoms with E-state index in [-0.39, 0.29) is 11.8 Å². The van der Waals surface area contributed by atoms with Gasteiger partial charge in [-0.25, -0.2) is 4.79 Å². The average Bonchev–Trinajstić information content (AvgIpc) is 3.58. The summed E-state index contributed by atoms with van der Waals surface area (Å²) in [5, 5.41) is 20.3. The molecule has 0 atom stereocenters. The van der Waals surface area contributed by atoms with E-state index in [4.69, 9.17) is 20.0 Å². The Morgan fingerprint density at radius 1 is 0.974 bits per heavy atom. The maximum Gasteiger partial charge on any atom is 0.352 e. The monoisotopic (exact) mass is 534 g/mol. The number of rotatable bonds is 7. The number of carboxylic acids is 1. The second-order valence-electron chi connectivity index (χ2n) is 10.5. The van der Waals surface area contributed by atoms with Gasteiger partial charge in [0.25, 0.3) is 0 Å². The van der Waals surface area contributed by atoms with E-state index < -0.39 is 5.97 Å². The first-order valence-electron chi connectivity index (χ1n) is 13.8. The number of fused-ring (bicyclic) bond motifs is 2. The zero-order valence-corrected chi connectivity index (χ0v) is 22.2. The van der Waals surface area contributed by atoms with Crippen molar-refractivity contribution in [3.63, 3.8) is 0 Å². The molecule has 39 heavy (non-hydrogen) atoms. The van der Waals surface area contributed by atoms with Crippen molar-refractivity contribution in [1.29, 1.82) is 0 Å². The molecule has 4 aromatic rings. The smallest absolute Gasteiger partial charge is 0.352 e. The van der Waals surface area contributed by atoms with Crippen molar-refractivity contribution < 1.29 is 24.2 Å². The highest BCUT2D eigenvalue weighted by molar-refractivity contribution is 5.96. The molecule has 9 heteroatoms. The van der Waals surface area contributed by atoms with Crippen LogP contribution in [0.4, 0.5) is 0 Å². The second kappa shape index (κ2) is 12.7. The SMILES string of the molecule is NC1CCN(CCN2CCC(O)CC2)CC1.O=C(O)c1cc2c(OCc3coc4ccccc34)cccc2[nH]1. The van der Waals surface area contributed by atoms with Crippen molar-refractivity contribution in [3.8, 4) is 5.75 Å². The number of nitrogens with zero attached hydrogens (tertiary/aromatic N) is 2. The number of nitrogens with one attached hydrogen (secondary N) is 1. The van der Waals surface area contributed by atoms with Gasteiger partial charge in [0.2, 0.25) is 0 Å². The standard InChI is InChI=1S/C18H13NO4.C12H25N3O/c20-18(21)15-8-13-14(19-15)5-3-7-17(13)23-10-11-9-22-16-6-2-1-4-12(11)16;13-11-1-5-14(6-2-11)9-10-15-7-3-12(16)4-8-15/h1-9,19H,10H2,(H,20,21);11-12,16H,1-10,13H2. The van der Waals surface area contributed by atoms with E-state index in [1.807, 2.05) is 42.5 Å². The Morgan fingerprint density at radius 2 is 1.67 bits per heavy atom. The number of likely N-dealkylation sites (tertiary alicyclic amines) is 2. The number of nitrogens with two attached hydrogens (primary N) is 1. The Labute approximate surface area is 228 Å². The molecule has 0 saturated carbocycles. The first kappa shape index (κ1) is 27.2. The minimum absolute atomic E-state index is 0.0516. The van der Waals surface area contributed by atoms with Gasteiger partial charge >= 0.3 is 5.97 Å².